The van der Waals surface area contributed by atoms with Crippen LogP contribution >= 0.6 is 0 Å². The van der Waals surface area contributed by atoms with Crippen molar-refractivity contribution in [2.75, 3.05) is 18.4 Å². The van der Waals surface area contributed by atoms with E-state index < -0.39 is 0 Å². The van der Waals surface area contributed by atoms with E-state index in [0.717, 1.165) is 55.9 Å². The third-order valence-corrected chi connectivity index (χ3v) is 7.71. The second-order valence-electron chi connectivity index (χ2n) is 9.98. The summed E-state index contributed by atoms with van der Waals surface area (Å²) >= 11 is 0. The summed E-state index contributed by atoms with van der Waals surface area (Å²) in [5.41, 5.74) is 6.34. The highest BCUT2D eigenvalue weighted by molar-refractivity contribution is 5.81. The summed E-state index contributed by atoms with van der Waals surface area (Å²) in [6.45, 7) is 5.11. The number of primary amides is 1. The van der Waals surface area contributed by atoms with Crippen molar-refractivity contribution in [3.63, 3.8) is 0 Å². The summed E-state index contributed by atoms with van der Waals surface area (Å²) in [6, 6.07) is 2.08. The van der Waals surface area contributed by atoms with E-state index >= 15 is 0 Å². The van der Waals surface area contributed by atoms with Crippen LogP contribution in [0.3, 0.4) is 0 Å². The molecule has 3 N–H and O–H groups in total. The molecule has 1 aromatic rings. The number of carbonyl (C=O) groups excluding carboxylic acids is 2. The molecule has 1 saturated heterocycles. The van der Waals surface area contributed by atoms with Crippen molar-refractivity contribution in [3.05, 3.63) is 17.6 Å². The van der Waals surface area contributed by atoms with Crippen molar-refractivity contribution in [3.8, 4) is 0 Å². The van der Waals surface area contributed by atoms with Crippen LogP contribution in [0.15, 0.2) is 6.07 Å². The second kappa shape index (κ2) is 7.10. The van der Waals surface area contributed by atoms with Gasteiger partial charge in [-0.25, -0.2) is 14.8 Å². The Morgan fingerprint density at radius 3 is 2.60 bits per heavy atom. The molecule has 4 unspecified atom stereocenters. The first-order valence-corrected chi connectivity index (χ1v) is 11.2. The van der Waals surface area contributed by atoms with Crippen molar-refractivity contribution < 1.29 is 14.3 Å². The summed E-state index contributed by atoms with van der Waals surface area (Å²) < 4.78 is 6.05. The van der Waals surface area contributed by atoms with E-state index in [2.05, 4.69) is 15.3 Å². The molecule has 5 aliphatic rings. The molecule has 30 heavy (non-hydrogen) atoms. The number of nitrogens with zero attached hydrogens (tertiary/aromatic N) is 3. The van der Waals surface area contributed by atoms with Gasteiger partial charge in [-0.05, 0) is 70.1 Å². The summed E-state index contributed by atoms with van der Waals surface area (Å²) in [4.78, 5) is 35.6. The normalized spacial score (nSPS) is 36.7. The maximum Gasteiger partial charge on any atom is 0.410 e. The molecule has 0 radical (unpaired) electrons. The Morgan fingerprint density at radius 2 is 1.93 bits per heavy atom. The van der Waals surface area contributed by atoms with Gasteiger partial charge in [-0.1, -0.05) is 0 Å². The minimum atomic E-state index is -0.351. The maximum atomic E-state index is 12.9. The summed E-state index contributed by atoms with van der Waals surface area (Å²) in [6.07, 6.45) is 5.17. The minimum Gasteiger partial charge on any atom is -0.446 e. The van der Waals surface area contributed by atoms with Gasteiger partial charge >= 0.3 is 6.09 Å². The lowest BCUT2D eigenvalue weighted by Crippen LogP contribution is -2.59. The van der Waals surface area contributed by atoms with Crippen LogP contribution in [-0.2, 0) is 9.53 Å². The van der Waals surface area contributed by atoms with E-state index in [1.54, 1.807) is 4.90 Å². The van der Waals surface area contributed by atoms with Crippen LogP contribution in [0.5, 0.6) is 0 Å². The molecule has 2 amide bonds. The Kier molecular flexibility index (Phi) is 4.63. The Bertz CT molecular complexity index is 838. The topological polar surface area (TPSA) is 110 Å². The van der Waals surface area contributed by atoms with Gasteiger partial charge in [0.1, 0.15) is 17.7 Å². The first-order chi connectivity index (χ1) is 14.3. The monoisotopic (exact) mass is 413 g/mol. The minimum absolute atomic E-state index is 0.0688. The Labute approximate surface area is 177 Å². The van der Waals surface area contributed by atoms with Crippen LogP contribution in [0.4, 0.5) is 10.6 Å². The van der Waals surface area contributed by atoms with E-state index in [-0.39, 0.29) is 41.4 Å². The van der Waals surface area contributed by atoms with Crippen LogP contribution in [-0.4, -0.2) is 52.1 Å². The molecule has 1 aliphatic heterocycles. The van der Waals surface area contributed by atoms with Crippen LogP contribution in [0.25, 0.3) is 0 Å². The van der Waals surface area contributed by atoms with Crippen LogP contribution in [0, 0.1) is 37.0 Å². The average molecular weight is 414 g/mol. The number of nitrogens with two attached hydrogens (primary N) is 1. The number of amides is 2. The highest BCUT2D eigenvalue weighted by Gasteiger charge is 2.59. The van der Waals surface area contributed by atoms with Gasteiger partial charge in [0.15, 0.2) is 0 Å². The molecule has 6 atom stereocenters. The molecule has 162 valence electrons. The molecule has 6 rings (SSSR count). The fraction of sp³-hybridized carbons (Fsp3) is 0.727. The molecule has 4 saturated carbocycles. The van der Waals surface area contributed by atoms with Crippen molar-refractivity contribution in [1.29, 1.82) is 0 Å². The average Bonchev–Trinajstić information content (AvgIpc) is 3.11. The zero-order valence-electron chi connectivity index (χ0n) is 17.8. The van der Waals surface area contributed by atoms with Gasteiger partial charge in [-0.2, -0.15) is 0 Å². The van der Waals surface area contributed by atoms with Gasteiger partial charge in [0.25, 0.3) is 0 Å². The maximum absolute atomic E-state index is 12.9. The summed E-state index contributed by atoms with van der Waals surface area (Å²) in [7, 11) is 0. The van der Waals surface area contributed by atoms with E-state index in [1.807, 2.05) is 19.9 Å². The third-order valence-electron chi connectivity index (χ3n) is 7.71. The van der Waals surface area contributed by atoms with Crippen LogP contribution in [0.1, 0.15) is 50.0 Å². The zero-order chi connectivity index (χ0) is 21.0. The first-order valence-electron chi connectivity index (χ1n) is 11.2. The Balaban J connectivity index is 1.19. The van der Waals surface area contributed by atoms with Crippen LogP contribution in [0.2, 0.25) is 0 Å². The molecule has 1 aromatic heterocycles. The molecule has 4 bridgehead atoms. The molecule has 4 aliphatic carbocycles. The number of anilines is 1. The van der Waals surface area contributed by atoms with Crippen molar-refractivity contribution in [2.24, 2.45) is 28.9 Å². The zero-order valence-corrected chi connectivity index (χ0v) is 17.8. The van der Waals surface area contributed by atoms with Crippen LogP contribution < -0.4 is 11.1 Å². The number of carbonyl (C=O) groups is 2. The molecule has 8 heteroatoms. The van der Waals surface area contributed by atoms with Crippen molar-refractivity contribution in [1.82, 2.24) is 14.9 Å². The third kappa shape index (κ3) is 3.40. The van der Waals surface area contributed by atoms with Gasteiger partial charge in [-0.15, -0.1) is 0 Å². The lowest BCUT2D eigenvalue weighted by atomic mass is 9.48. The SMILES string of the molecule is Cc1cc(N[C@@H]2CCN(C(=O)OC3C4CC5C[C@H]3CC(C(N)=O)(C5)C4)C2)nc(C)n1. The molecule has 8 nitrogen and oxygen atoms in total. The number of hydrogen-bond donors (Lipinski definition) is 2. The van der Waals surface area contributed by atoms with E-state index in [9.17, 15) is 9.59 Å². The van der Waals surface area contributed by atoms with Gasteiger partial charge in [0.05, 0.1) is 5.41 Å². The van der Waals surface area contributed by atoms with Gasteiger partial charge in [0, 0.05) is 30.9 Å². The highest BCUT2D eigenvalue weighted by Crippen LogP contribution is 2.60. The van der Waals surface area contributed by atoms with Gasteiger partial charge < -0.3 is 20.7 Å². The Hall–Kier alpha value is -2.38. The number of aryl methyl sites for hydroxylation is 2. The van der Waals surface area contributed by atoms with E-state index in [4.69, 9.17) is 10.5 Å². The number of nitrogens with one attached hydrogen (secondary N) is 1. The van der Waals surface area contributed by atoms with E-state index in [1.165, 1.54) is 0 Å². The number of aromatic nitrogens is 2. The van der Waals surface area contributed by atoms with Gasteiger partial charge in [0.2, 0.25) is 5.91 Å². The molecule has 2 heterocycles. The Morgan fingerprint density at radius 1 is 1.20 bits per heavy atom. The predicted molar refractivity (Wildman–Crippen MR) is 111 cm³/mol. The predicted octanol–water partition coefficient (Wildman–Crippen LogP) is 2.40. The molecule has 5 fully saturated rings. The van der Waals surface area contributed by atoms with Gasteiger partial charge in [-0.3, -0.25) is 4.79 Å². The summed E-state index contributed by atoms with van der Waals surface area (Å²) in [5, 5.41) is 3.43. The number of likely N-dealkylation sites (tertiary alicyclic amines) is 1. The number of hydrogen-bond acceptors (Lipinski definition) is 6. The first kappa shape index (κ1) is 19.6. The molecule has 0 aromatic carbocycles. The molecular weight excluding hydrogens is 382 g/mol. The largest absolute Gasteiger partial charge is 0.446 e. The number of rotatable bonds is 4. The molecular formula is C22H31N5O3. The fourth-order valence-electron chi connectivity index (χ4n) is 6.71. The standard InChI is InChI=1S/C22H31N5O3/c1-12-5-18(25-13(2)24-12)26-17-3-4-27(11-17)21(29)30-19-15-6-14-7-16(19)10-22(8-14,9-15)20(23)28/h5,14-17,19H,3-4,6-11H2,1-2H3,(H2,23,28)(H,24,25,26)/t14?,15-,16?,17+,19?,22?/m0/s1. The smallest absolute Gasteiger partial charge is 0.410 e. The lowest BCUT2D eigenvalue weighted by Gasteiger charge is -2.58. The number of ether oxygens (including phenoxy) is 1. The fourth-order valence-corrected chi connectivity index (χ4v) is 6.71. The quantitative estimate of drug-likeness (QED) is 0.784. The van der Waals surface area contributed by atoms with Crippen molar-refractivity contribution in [2.45, 2.75) is 64.5 Å². The summed E-state index contributed by atoms with van der Waals surface area (Å²) in [5.74, 6) is 2.49. The lowest BCUT2D eigenvalue weighted by molar-refractivity contribution is -0.161. The second-order valence-corrected chi connectivity index (χ2v) is 9.98. The highest BCUT2D eigenvalue weighted by atomic mass is 16.6. The molecule has 0 spiro atoms. The van der Waals surface area contributed by atoms with E-state index in [0.29, 0.717) is 19.0 Å². The van der Waals surface area contributed by atoms with Crippen molar-refractivity contribution >= 4 is 17.8 Å².